The number of ether oxygens (including phenoxy) is 2. The fourth-order valence-electron chi connectivity index (χ4n) is 5.36. The molecule has 2 heterocycles. The Morgan fingerprint density at radius 1 is 1.31 bits per heavy atom. The summed E-state index contributed by atoms with van der Waals surface area (Å²) < 4.78 is 11.8. The van der Waals surface area contributed by atoms with E-state index in [1.807, 2.05) is 43.1 Å². The van der Waals surface area contributed by atoms with E-state index in [1.165, 1.54) is 0 Å². The smallest absolute Gasteiger partial charge is 0.404 e. The molecule has 202 valence electrons. The third-order valence-corrected chi connectivity index (χ3v) is 7.64. The maximum atomic E-state index is 13.3. The lowest BCUT2D eigenvalue weighted by atomic mass is 9.78. The van der Waals surface area contributed by atoms with Crippen LogP contribution in [0.2, 0.25) is 5.02 Å². The number of hydrogen-bond donors (Lipinski definition) is 4. The van der Waals surface area contributed by atoms with E-state index in [-0.39, 0.29) is 31.1 Å². The van der Waals surface area contributed by atoms with Gasteiger partial charge in [-0.15, -0.1) is 0 Å². The van der Waals surface area contributed by atoms with E-state index in [2.05, 4.69) is 16.0 Å². The minimum absolute atomic E-state index is 0.0264. The zero-order valence-electron chi connectivity index (χ0n) is 21.4. The summed E-state index contributed by atoms with van der Waals surface area (Å²) in [4.78, 5) is 26.1. The van der Waals surface area contributed by atoms with Gasteiger partial charge in [0.2, 0.25) is 0 Å². The zero-order chi connectivity index (χ0) is 26.0. The van der Waals surface area contributed by atoms with E-state index >= 15 is 0 Å². The molecule has 3 unspecified atom stereocenters. The summed E-state index contributed by atoms with van der Waals surface area (Å²) in [6.07, 6.45) is 3.68. The first-order chi connectivity index (χ1) is 17.3. The number of likely N-dealkylation sites (N-methyl/N-ethyl adjacent to an activating group) is 1. The average Bonchev–Trinajstić information content (AvgIpc) is 2.87. The number of halogens is 1. The van der Waals surface area contributed by atoms with Crippen molar-refractivity contribution in [1.82, 2.24) is 20.9 Å². The number of carbonyl (C=O) groups is 2. The van der Waals surface area contributed by atoms with Gasteiger partial charge in [0.1, 0.15) is 0 Å². The molecule has 3 atom stereocenters. The van der Waals surface area contributed by atoms with Crippen LogP contribution in [0.3, 0.4) is 0 Å². The molecule has 1 aromatic rings. The molecule has 36 heavy (non-hydrogen) atoms. The van der Waals surface area contributed by atoms with Crippen LogP contribution < -0.4 is 16.0 Å². The van der Waals surface area contributed by atoms with E-state index in [0.717, 1.165) is 57.4 Å². The molecule has 3 rings (SSSR count). The Labute approximate surface area is 219 Å². The van der Waals surface area contributed by atoms with E-state index in [4.69, 9.17) is 26.2 Å². The highest BCUT2D eigenvalue weighted by atomic mass is 35.5. The van der Waals surface area contributed by atoms with Crippen LogP contribution in [0.4, 0.5) is 9.59 Å². The van der Waals surface area contributed by atoms with Crippen LogP contribution in [0.1, 0.15) is 44.6 Å². The summed E-state index contributed by atoms with van der Waals surface area (Å²) in [5.41, 5.74) is 0.196. The second-order valence-electron chi connectivity index (χ2n) is 9.98. The molecule has 0 bridgehead atoms. The number of benzene rings is 1. The van der Waals surface area contributed by atoms with Crippen LogP contribution in [0.15, 0.2) is 24.3 Å². The Hall–Kier alpha value is -2.07. The molecule has 0 spiro atoms. The SMILES string of the molecule is CNCC(CC1CCOCC1)NC(=O)N1CCCC(C(C)(OCCNC(=O)O)c2cccc(Cl)c2)C1. The van der Waals surface area contributed by atoms with Gasteiger partial charge < -0.3 is 35.4 Å². The Morgan fingerprint density at radius 3 is 2.78 bits per heavy atom. The van der Waals surface area contributed by atoms with E-state index in [9.17, 15) is 9.59 Å². The summed E-state index contributed by atoms with van der Waals surface area (Å²) in [5.74, 6) is 0.587. The first-order valence-electron chi connectivity index (χ1n) is 13.0. The van der Waals surface area contributed by atoms with Crippen molar-refractivity contribution < 1.29 is 24.2 Å². The normalized spacial score (nSPS) is 21.4. The number of rotatable bonds is 11. The maximum absolute atomic E-state index is 13.3. The predicted molar refractivity (Wildman–Crippen MR) is 139 cm³/mol. The minimum Gasteiger partial charge on any atom is -0.465 e. The third-order valence-electron chi connectivity index (χ3n) is 7.40. The lowest BCUT2D eigenvalue weighted by molar-refractivity contribution is -0.0925. The van der Waals surface area contributed by atoms with Crippen molar-refractivity contribution in [3.05, 3.63) is 34.9 Å². The molecule has 0 aliphatic carbocycles. The Bertz CT molecular complexity index is 853. The van der Waals surface area contributed by atoms with Crippen molar-refractivity contribution >= 4 is 23.7 Å². The number of likely N-dealkylation sites (tertiary alicyclic amines) is 1. The predicted octanol–water partition coefficient (Wildman–Crippen LogP) is 3.67. The van der Waals surface area contributed by atoms with Crippen LogP contribution >= 0.6 is 11.6 Å². The Balaban J connectivity index is 1.68. The van der Waals surface area contributed by atoms with Crippen molar-refractivity contribution in [2.45, 2.75) is 50.7 Å². The number of nitrogens with zero attached hydrogens (tertiary/aromatic N) is 1. The van der Waals surface area contributed by atoms with Gasteiger partial charge in [0.15, 0.2) is 0 Å². The fourth-order valence-corrected chi connectivity index (χ4v) is 5.55. The Morgan fingerprint density at radius 2 is 2.08 bits per heavy atom. The standard InChI is InChI=1S/C26H41ClN4O5/c1-26(36-14-10-29-25(33)34,20-5-3-7-22(27)16-20)21-6-4-11-31(18-21)24(32)30-23(17-28-2)15-19-8-12-35-13-9-19/h3,5,7,16,19,21,23,28-29H,4,6,8-15,17-18H2,1-2H3,(H,30,32)(H,33,34). The van der Waals surface area contributed by atoms with Gasteiger partial charge in [-0.05, 0) is 69.7 Å². The number of nitrogens with one attached hydrogen (secondary N) is 3. The molecule has 0 radical (unpaired) electrons. The second-order valence-corrected chi connectivity index (χ2v) is 10.4. The van der Waals surface area contributed by atoms with Gasteiger partial charge in [-0.2, -0.15) is 0 Å². The van der Waals surface area contributed by atoms with E-state index < -0.39 is 11.7 Å². The number of urea groups is 1. The molecule has 0 saturated carbocycles. The van der Waals surface area contributed by atoms with Crippen LogP contribution in [0.5, 0.6) is 0 Å². The first-order valence-corrected chi connectivity index (χ1v) is 13.3. The van der Waals surface area contributed by atoms with Crippen molar-refractivity contribution in [3.8, 4) is 0 Å². The van der Waals surface area contributed by atoms with Crippen molar-refractivity contribution in [2.75, 3.05) is 53.0 Å². The van der Waals surface area contributed by atoms with Gasteiger partial charge in [-0.3, -0.25) is 0 Å². The number of amides is 3. The third kappa shape index (κ3) is 8.23. The van der Waals surface area contributed by atoms with Crippen LogP contribution in [-0.4, -0.2) is 81.2 Å². The van der Waals surface area contributed by atoms with Gasteiger partial charge >= 0.3 is 12.1 Å². The highest BCUT2D eigenvalue weighted by Gasteiger charge is 2.41. The molecule has 2 fully saturated rings. The molecule has 1 aromatic carbocycles. The lowest BCUT2D eigenvalue weighted by Gasteiger charge is -2.44. The first kappa shape index (κ1) is 28.5. The van der Waals surface area contributed by atoms with Crippen molar-refractivity contribution in [1.29, 1.82) is 0 Å². The van der Waals surface area contributed by atoms with Gasteiger partial charge in [0.05, 0.1) is 12.2 Å². The lowest BCUT2D eigenvalue weighted by Crippen LogP contribution is -2.54. The molecule has 0 aromatic heterocycles. The minimum atomic E-state index is -1.08. The van der Waals surface area contributed by atoms with Crippen LogP contribution in [-0.2, 0) is 15.1 Å². The molecular weight excluding hydrogens is 484 g/mol. The number of hydrogen-bond acceptors (Lipinski definition) is 5. The molecule has 3 amide bonds. The van der Waals surface area contributed by atoms with Gasteiger partial charge in [0, 0.05) is 56.4 Å². The number of piperidine rings is 1. The topological polar surface area (TPSA) is 112 Å². The monoisotopic (exact) mass is 524 g/mol. The Kier molecular flexibility index (Phi) is 11.1. The molecule has 10 heteroatoms. The fraction of sp³-hybridized carbons (Fsp3) is 0.692. The van der Waals surface area contributed by atoms with E-state index in [0.29, 0.717) is 24.0 Å². The molecular formula is C26H41ClN4O5. The largest absolute Gasteiger partial charge is 0.465 e. The summed E-state index contributed by atoms with van der Waals surface area (Å²) in [6.45, 7) is 5.96. The average molecular weight is 525 g/mol. The summed E-state index contributed by atoms with van der Waals surface area (Å²) >= 11 is 6.30. The highest BCUT2D eigenvalue weighted by molar-refractivity contribution is 6.30. The summed E-state index contributed by atoms with van der Waals surface area (Å²) in [6, 6.07) is 7.59. The zero-order valence-corrected chi connectivity index (χ0v) is 22.2. The molecule has 2 aliphatic rings. The van der Waals surface area contributed by atoms with Crippen molar-refractivity contribution in [3.63, 3.8) is 0 Å². The summed E-state index contributed by atoms with van der Waals surface area (Å²) in [7, 11) is 1.91. The van der Waals surface area contributed by atoms with Crippen molar-refractivity contribution in [2.24, 2.45) is 11.8 Å². The van der Waals surface area contributed by atoms with Gasteiger partial charge in [0.25, 0.3) is 0 Å². The number of carbonyl (C=O) groups excluding carboxylic acids is 1. The summed E-state index contributed by atoms with van der Waals surface area (Å²) in [5, 5.41) is 18.4. The van der Waals surface area contributed by atoms with Gasteiger partial charge in [-0.25, -0.2) is 9.59 Å². The quantitative estimate of drug-likeness (QED) is 0.329. The van der Waals surface area contributed by atoms with Crippen LogP contribution in [0.25, 0.3) is 0 Å². The van der Waals surface area contributed by atoms with Gasteiger partial charge in [-0.1, -0.05) is 23.7 Å². The number of carboxylic acid groups (broad SMARTS) is 1. The molecule has 4 N–H and O–H groups in total. The molecule has 9 nitrogen and oxygen atoms in total. The van der Waals surface area contributed by atoms with E-state index in [1.54, 1.807) is 0 Å². The second kappa shape index (κ2) is 14.0. The molecule has 2 saturated heterocycles. The highest BCUT2D eigenvalue weighted by Crippen LogP contribution is 2.39. The van der Waals surface area contributed by atoms with Crippen LogP contribution in [0, 0.1) is 11.8 Å². The maximum Gasteiger partial charge on any atom is 0.404 e. The molecule has 2 aliphatic heterocycles.